The predicted molar refractivity (Wildman–Crippen MR) is 525 cm³/mol. The van der Waals surface area contributed by atoms with Crippen LogP contribution in [0.3, 0.4) is 0 Å². The Kier molecular flexibility index (Phi) is 63.5. The average molecular weight is 1860 g/mol. The van der Waals surface area contributed by atoms with Crippen LogP contribution in [-0.4, -0.2) is 109 Å². The Morgan fingerprint density at radius 2 is 1.02 bits per heavy atom. The lowest BCUT2D eigenvalue weighted by Crippen LogP contribution is -1.93. The smallest absolute Gasteiger partial charge is 0.218 e. The van der Waals surface area contributed by atoms with E-state index >= 15 is 0 Å². The van der Waals surface area contributed by atoms with Crippen molar-refractivity contribution >= 4 is 34.4 Å². The first-order chi connectivity index (χ1) is 62.4. The quantitative estimate of drug-likeness (QED) is 0.0907. The maximum absolute atomic E-state index is 5.09. The Hall–Kier alpha value is -11.8. The number of imidazole rings is 2. The molecule has 0 aliphatic heterocycles. The van der Waals surface area contributed by atoms with Gasteiger partial charge in [0.05, 0.1) is 60.8 Å². The summed E-state index contributed by atoms with van der Waals surface area (Å²) in [6.07, 6.45) is 42.1. The van der Waals surface area contributed by atoms with Crippen LogP contribution in [0.25, 0.3) is 0 Å². The number of aromatic amines is 2. The molecule has 716 valence electrons. The van der Waals surface area contributed by atoms with Crippen LogP contribution in [0.5, 0.6) is 0 Å². The summed E-state index contributed by atoms with van der Waals surface area (Å²) in [7, 11) is 0. The molecular formula is C98H148N22O8S3. The van der Waals surface area contributed by atoms with Crippen molar-refractivity contribution in [1.82, 2.24) is 109 Å². The highest BCUT2D eigenvalue weighted by atomic mass is 32.1. The van der Waals surface area contributed by atoms with Crippen molar-refractivity contribution in [3.63, 3.8) is 0 Å². The largest absolute Gasteiger partial charge is 0.472 e. The van der Waals surface area contributed by atoms with E-state index < -0.39 is 0 Å². The third-order valence-electron chi connectivity index (χ3n) is 16.7. The molecule has 16 aromatic rings. The second kappa shape index (κ2) is 71.0. The van der Waals surface area contributed by atoms with Gasteiger partial charge in [0.1, 0.15) is 75.9 Å². The molecule has 30 nitrogen and oxygen atoms in total. The Morgan fingerprint density at radius 1 is 0.336 bits per heavy atom. The van der Waals surface area contributed by atoms with Gasteiger partial charge in [-0.2, -0.15) is 4.37 Å². The summed E-state index contributed by atoms with van der Waals surface area (Å²) in [6, 6.07) is 15.5. The van der Waals surface area contributed by atoms with Crippen molar-refractivity contribution in [3.05, 3.63) is 300 Å². The van der Waals surface area contributed by atoms with Gasteiger partial charge in [-0.25, -0.2) is 54.2 Å². The molecule has 0 atom stereocenters. The lowest BCUT2D eigenvalue weighted by Gasteiger charge is -1.99. The summed E-state index contributed by atoms with van der Waals surface area (Å²) < 4.78 is 46.9. The summed E-state index contributed by atoms with van der Waals surface area (Å²) in [5.74, 6) is 14.4. The molecule has 0 unspecified atom stereocenters. The Bertz CT molecular complexity index is 3880. The lowest BCUT2D eigenvalue weighted by molar-refractivity contribution is 0.371. The van der Waals surface area contributed by atoms with Gasteiger partial charge >= 0.3 is 0 Å². The molecule has 0 amide bonds. The Balaban J connectivity index is 0.000000699. The van der Waals surface area contributed by atoms with Gasteiger partial charge in [0.25, 0.3) is 0 Å². The number of oxazole rings is 3. The van der Waals surface area contributed by atoms with Crippen molar-refractivity contribution in [2.45, 2.75) is 316 Å². The van der Waals surface area contributed by atoms with Crippen molar-refractivity contribution in [2.75, 3.05) is 0 Å². The van der Waals surface area contributed by atoms with Crippen LogP contribution >= 0.6 is 34.4 Å². The summed E-state index contributed by atoms with van der Waals surface area (Å²) in [5, 5.41) is 24.4. The second-order valence-electron chi connectivity index (χ2n) is 33.7. The van der Waals surface area contributed by atoms with E-state index in [9.17, 15) is 0 Å². The Morgan fingerprint density at radius 3 is 1.29 bits per heavy atom. The van der Waals surface area contributed by atoms with E-state index in [1.807, 2.05) is 88.8 Å². The molecule has 33 heteroatoms. The Labute approximate surface area is 790 Å². The van der Waals surface area contributed by atoms with Gasteiger partial charge in [0.2, 0.25) is 12.3 Å². The highest BCUT2D eigenvalue weighted by Crippen LogP contribution is 2.21. The number of nitrogens with zero attached hydrogens (tertiary/aromatic N) is 20. The van der Waals surface area contributed by atoms with Crippen LogP contribution in [0.15, 0.2) is 246 Å². The first kappa shape index (κ1) is 117. The number of nitrogens with one attached hydrogen (secondary N) is 2. The van der Waals surface area contributed by atoms with Gasteiger partial charge in [-0.05, 0) is 106 Å². The van der Waals surface area contributed by atoms with E-state index in [0.29, 0.717) is 101 Å². The average Bonchev–Trinajstić information content (AvgIpc) is 1.95. The molecule has 0 aliphatic carbocycles. The van der Waals surface area contributed by atoms with E-state index in [4.69, 9.17) is 31.0 Å². The topological polar surface area (TPSA) is 394 Å². The summed E-state index contributed by atoms with van der Waals surface area (Å²) >= 11 is 4.66. The SMILES string of the molecule is CC(C)c1ccco1.CC(C)c1ccncn1.CC(C)c1ccno1.CC(C)c1ccns1.CC(C)c1ccoc1.CC(C)c1ccon1.CC(C)c1cnc[nH]1.CC(C)c1cnccn1.CC(C)c1cnco1.CC(C)c1cocn1.CC(C)c1ncc[nH]1.CC(C)c1ncccn1.CC(C)c1ncco1.CC(C)c1ncns1.CC(C)c1nnco1.CC(C)c1nncs1. The lowest BCUT2D eigenvalue weighted by atomic mass is 10.1. The van der Waals surface area contributed by atoms with Gasteiger partial charge < -0.3 is 45.5 Å². The number of furan rings is 2. The fourth-order valence-electron chi connectivity index (χ4n) is 8.67. The van der Waals surface area contributed by atoms with Crippen LogP contribution in [-0.2, 0) is 0 Å². The van der Waals surface area contributed by atoms with Crippen LogP contribution in [0.4, 0.5) is 0 Å². The normalized spacial score (nSPS) is 10.3. The molecule has 16 heterocycles. The fraction of sp³-hybridized carbons (Fsp3) is 0.490. The minimum Gasteiger partial charge on any atom is -0.472 e. The number of rotatable bonds is 16. The first-order valence-electron chi connectivity index (χ1n) is 44.3. The van der Waals surface area contributed by atoms with Gasteiger partial charge in [-0.15, -0.1) is 31.7 Å². The fourth-order valence-corrected chi connectivity index (χ4v) is 10.3. The van der Waals surface area contributed by atoms with Crippen molar-refractivity contribution in [3.8, 4) is 0 Å². The number of aromatic nitrogens is 22. The number of hydrogen-bond donors (Lipinski definition) is 2. The molecule has 16 aromatic heterocycles. The molecule has 0 aromatic carbocycles. The summed E-state index contributed by atoms with van der Waals surface area (Å²) in [6.45, 7) is 67.1. The highest BCUT2D eigenvalue weighted by molar-refractivity contribution is 7.09. The van der Waals surface area contributed by atoms with Crippen molar-refractivity contribution in [2.24, 2.45) is 0 Å². The zero-order valence-electron chi connectivity index (χ0n) is 83.3. The second-order valence-corrected chi connectivity index (χ2v) is 36.2. The molecule has 0 bridgehead atoms. The third-order valence-corrected chi connectivity index (χ3v) is 19.7. The van der Waals surface area contributed by atoms with Gasteiger partial charge in [0.15, 0.2) is 18.7 Å². The van der Waals surface area contributed by atoms with Gasteiger partial charge in [0, 0.05) is 144 Å². The first-order valence-corrected chi connectivity index (χ1v) is 46.8. The molecule has 0 radical (unpaired) electrons. The van der Waals surface area contributed by atoms with Crippen LogP contribution < -0.4 is 0 Å². The molecular weight excluding hydrogens is 1710 g/mol. The highest BCUT2D eigenvalue weighted by Gasteiger charge is 2.08. The molecule has 0 saturated carbocycles. The number of hydrogen-bond acceptors (Lipinski definition) is 31. The van der Waals surface area contributed by atoms with E-state index in [1.54, 1.807) is 147 Å². The molecule has 0 fully saturated rings. The standard InChI is InChI=1S/3C7H10N2.2C7H10O.2C6H10N2.5C6H9NO.C6H9NS.C5H8N2O.2C5H8N2S/c1-6(2)7-5-8-3-4-9-7;1-6(2)7-3-4-8-5-9-7;1-6(2)7-8-4-3-5-9-7;1-6(2)7-3-4-8-5-7;1-6(2)7-4-3-5-8-7;1-5(2)6-3-7-4-8-6;1-5(2)6-7-3-4-8-6;1-5(2)6-3-8-4-7-6;1-5(2)6-3-7-4-8-6;1-5(2)6-7-3-4-8-6;1-5(2)6-3-4-8-7-6;2*1-5(2)6-3-4-7-8-6;2*1-4(2)5-7-6-3-8-5;1-4(2)5-6-3-7-8-5/h3*3-6H,1-2H3;2*3-6H,1-2H3;2*3-5H,1-2H3,(H,7,8);6*3-5H,1-2H3;3*3-4H,1-2H3. The molecule has 0 aliphatic rings. The molecule has 2 N–H and O–H groups in total. The molecule has 16 rings (SSSR count). The van der Waals surface area contributed by atoms with E-state index in [1.165, 1.54) is 46.8 Å². The summed E-state index contributed by atoms with van der Waals surface area (Å²) in [4.78, 5) is 55.1. The molecule has 131 heavy (non-hydrogen) atoms. The minimum absolute atomic E-state index is 0.345. The van der Waals surface area contributed by atoms with Crippen LogP contribution in [0, 0.1) is 0 Å². The predicted octanol–water partition coefficient (Wildman–Crippen LogP) is 28.4. The maximum atomic E-state index is 5.09. The van der Waals surface area contributed by atoms with Crippen molar-refractivity contribution in [1.29, 1.82) is 0 Å². The minimum atomic E-state index is 0.345. The van der Waals surface area contributed by atoms with Gasteiger partial charge in [-0.1, -0.05) is 232 Å². The van der Waals surface area contributed by atoms with Crippen LogP contribution in [0.1, 0.15) is 406 Å². The molecule has 0 spiro atoms. The van der Waals surface area contributed by atoms with Gasteiger partial charge in [-0.3, -0.25) is 9.97 Å². The number of H-pyrrole nitrogens is 2. The van der Waals surface area contributed by atoms with E-state index in [0.717, 1.165) is 67.6 Å². The zero-order valence-corrected chi connectivity index (χ0v) is 85.8. The van der Waals surface area contributed by atoms with E-state index in [2.05, 4.69) is 314 Å². The monoisotopic (exact) mass is 1860 g/mol. The van der Waals surface area contributed by atoms with Crippen LogP contribution in [0.2, 0.25) is 0 Å². The maximum Gasteiger partial charge on any atom is 0.218 e. The third kappa shape index (κ3) is 57.1. The van der Waals surface area contributed by atoms with Crippen molar-refractivity contribution < 1.29 is 35.5 Å². The van der Waals surface area contributed by atoms with E-state index in [-0.39, 0.29) is 0 Å². The zero-order chi connectivity index (χ0) is 97.9. The summed E-state index contributed by atoms with van der Waals surface area (Å²) in [5.41, 5.74) is 8.42. The molecule has 0 saturated heterocycles.